The highest BCUT2D eigenvalue weighted by atomic mass is 16.5. The van der Waals surface area contributed by atoms with Gasteiger partial charge in [-0.3, -0.25) is 0 Å². The fourth-order valence-electron chi connectivity index (χ4n) is 1.90. The van der Waals surface area contributed by atoms with E-state index in [1.807, 2.05) is 0 Å². The zero-order valence-electron chi connectivity index (χ0n) is 10.4. The Morgan fingerprint density at radius 3 is 2.94 bits per heavy atom. The van der Waals surface area contributed by atoms with Crippen LogP contribution in [-0.2, 0) is 4.74 Å². The largest absolute Gasteiger partial charge is 0.477 e. The molecular formula is C12H17N3O3. The molecule has 6 nitrogen and oxygen atoms in total. The molecular weight excluding hydrogens is 234 g/mol. The van der Waals surface area contributed by atoms with Crippen LogP contribution in [0.15, 0.2) is 12.3 Å². The van der Waals surface area contributed by atoms with E-state index in [4.69, 9.17) is 15.6 Å². The Kier molecular flexibility index (Phi) is 3.13. The lowest BCUT2D eigenvalue weighted by molar-refractivity contribution is 0.0690. The van der Waals surface area contributed by atoms with Gasteiger partial charge in [-0.25, -0.2) is 9.78 Å². The van der Waals surface area contributed by atoms with Gasteiger partial charge in [0, 0.05) is 5.41 Å². The van der Waals surface area contributed by atoms with Crippen molar-refractivity contribution in [3.8, 4) is 0 Å². The number of pyridine rings is 1. The third-order valence-corrected chi connectivity index (χ3v) is 3.19. The Hall–Kier alpha value is -1.82. The summed E-state index contributed by atoms with van der Waals surface area (Å²) in [5.74, 6) is -1.07. The van der Waals surface area contributed by atoms with E-state index >= 15 is 0 Å². The molecule has 0 spiro atoms. The van der Waals surface area contributed by atoms with Gasteiger partial charge in [-0.05, 0) is 6.07 Å². The van der Waals surface area contributed by atoms with Crippen molar-refractivity contribution in [2.45, 2.75) is 19.9 Å². The molecule has 6 heteroatoms. The number of hydrogen-bond donors (Lipinski definition) is 3. The van der Waals surface area contributed by atoms with E-state index < -0.39 is 5.97 Å². The molecule has 0 unspecified atom stereocenters. The lowest BCUT2D eigenvalue weighted by Crippen LogP contribution is -2.35. The van der Waals surface area contributed by atoms with Crippen LogP contribution in [0.25, 0.3) is 0 Å². The minimum absolute atomic E-state index is 0.0148. The zero-order chi connectivity index (χ0) is 13.3. The quantitative estimate of drug-likeness (QED) is 0.746. The Balaban J connectivity index is 2.23. The maximum atomic E-state index is 10.9. The second-order valence-electron chi connectivity index (χ2n) is 5.16. The summed E-state index contributed by atoms with van der Waals surface area (Å²) in [6, 6.07) is 1.55. The van der Waals surface area contributed by atoms with Gasteiger partial charge in [-0.2, -0.15) is 0 Å². The van der Waals surface area contributed by atoms with Crippen LogP contribution in [0.5, 0.6) is 0 Å². The molecule has 0 aliphatic carbocycles. The lowest BCUT2D eigenvalue weighted by Gasteiger charge is -2.26. The van der Waals surface area contributed by atoms with E-state index in [0.29, 0.717) is 24.6 Å². The van der Waals surface area contributed by atoms with Crippen LogP contribution >= 0.6 is 0 Å². The normalized spacial score (nSPS) is 21.8. The molecule has 1 aromatic heterocycles. The monoisotopic (exact) mass is 251 g/mol. The van der Waals surface area contributed by atoms with Gasteiger partial charge in [0.15, 0.2) is 0 Å². The molecule has 2 heterocycles. The molecule has 18 heavy (non-hydrogen) atoms. The summed E-state index contributed by atoms with van der Waals surface area (Å²) >= 11 is 0. The predicted molar refractivity (Wildman–Crippen MR) is 67.6 cm³/mol. The molecule has 0 aromatic carbocycles. The number of carboxylic acid groups (broad SMARTS) is 1. The molecule has 1 aliphatic heterocycles. The number of aromatic nitrogens is 1. The summed E-state index contributed by atoms with van der Waals surface area (Å²) in [6.07, 6.45) is 1.36. The lowest BCUT2D eigenvalue weighted by atomic mass is 9.88. The van der Waals surface area contributed by atoms with E-state index in [-0.39, 0.29) is 17.2 Å². The number of carboxylic acids is 1. The highest BCUT2D eigenvalue weighted by Crippen LogP contribution is 2.31. The van der Waals surface area contributed by atoms with Crippen LogP contribution in [-0.4, -0.2) is 35.3 Å². The first-order valence-corrected chi connectivity index (χ1v) is 5.73. The topological polar surface area (TPSA) is 97.5 Å². The molecule has 1 aliphatic rings. The van der Waals surface area contributed by atoms with E-state index in [1.54, 1.807) is 0 Å². The number of nitrogens with zero attached hydrogens (tertiary/aromatic N) is 1. The number of ether oxygens (including phenoxy) is 1. The van der Waals surface area contributed by atoms with Crippen molar-refractivity contribution in [2.24, 2.45) is 5.41 Å². The number of rotatable bonds is 3. The van der Waals surface area contributed by atoms with Crippen molar-refractivity contribution in [1.82, 2.24) is 4.98 Å². The van der Waals surface area contributed by atoms with Crippen LogP contribution in [0, 0.1) is 5.41 Å². The summed E-state index contributed by atoms with van der Waals surface area (Å²) in [5.41, 5.74) is 6.78. The minimum Gasteiger partial charge on any atom is -0.477 e. The fraction of sp³-hybridized carbons (Fsp3) is 0.500. The van der Waals surface area contributed by atoms with Gasteiger partial charge in [-0.1, -0.05) is 13.8 Å². The van der Waals surface area contributed by atoms with Crippen LogP contribution in [0.2, 0.25) is 0 Å². The average molecular weight is 251 g/mol. The summed E-state index contributed by atoms with van der Waals surface area (Å²) in [4.78, 5) is 14.6. The predicted octanol–water partition coefficient (Wildman–Crippen LogP) is 1.20. The van der Waals surface area contributed by atoms with Gasteiger partial charge in [0.1, 0.15) is 5.69 Å². The molecule has 0 saturated carbocycles. The Labute approximate surface area is 105 Å². The van der Waals surface area contributed by atoms with E-state index in [2.05, 4.69) is 24.1 Å². The van der Waals surface area contributed by atoms with Crippen molar-refractivity contribution in [3.63, 3.8) is 0 Å². The third kappa shape index (κ3) is 2.38. The third-order valence-electron chi connectivity index (χ3n) is 3.19. The highest BCUT2D eigenvalue weighted by molar-refractivity contribution is 5.87. The number of carbonyl (C=O) groups is 1. The van der Waals surface area contributed by atoms with E-state index in [9.17, 15) is 4.79 Å². The summed E-state index contributed by atoms with van der Waals surface area (Å²) in [5, 5.41) is 12.1. The molecule has 1 saturated heterocycles. The standard InChI is InChI=1S/C12H17N3O3/c1-12(2)6-18-5-10(12)15-8-3-9(11(16)17)14-4-7(8)13/h3-4,10H,5-6,13H2,1-2H3,(H,14,15)(H,16,17)/t10-/m1/s1. The maximum absolute atomic E-state index is 10.9. The van der Waals surface area contributed by atoms with Crippen molar-refractivity contribution in [2.75, 3.05) is 24.3 Å². The van der Waals surface area contributed by atoms with Crippen LogP contribution < -0.4 is 11.1 Å². The van der Waals surface area contributed by atoms with Gasteiger partial charge in [0.2, 0.25) is 0 Å². The average Bonchev–Trinajstić information content (AvgIpc) is 2.61. The van der Waals surface area contributed by atoms with Crippen molar-refractivity contribution in [1.29, 1.82) is 0 Å². The number of hydrogen-bond acceptors (Lipinski definition) is 5. The number of anilines is 2. The first-order chi connectivity index (χ1) is 8.40. The number of aromatic carboxylic acids is 1. The molecule has 1 aromatic rings. The molecule has 4 N–H and O–H groups in total. The summed E-state index contributed by atoms with van der Waals surface area (Å²) < 4.78 is 5.43. The molecule has 2 rings (SSSR count). The molecule has 1 fully saturated rings. The molecule has 0 amide bonds. The zero-order valence-corrected chi connectivity index (χ0v) is 10.4. The molecule has 0 radical (unpaired) electrons. The van der Waals surface area contributed by atoms with E-state index in [0.717, 1.165) is 0 Å². The van der Waals surface area contributed by atoms with Crippen LogP contribution in [0.4, 0.5) is 11.4 Å². The van der Waals surface area contributed by atoms with Crippen molar-refractivity contribution < 1.29 is 14.6 Å². The van der Waals surface area contributed by atoms with Crippen molar-refractivity contribution in [3.05, 3.63) is 18.0 Å². The maximum Gasteiger partial charge on any atom is 0.354 e. The number of nitrogens with two attached hydrogens (primary N) is 1. The van der Waals surface area contributed by atoms with Gasteiger partial charge < -0.3 is 20.9 Å². The van der Waals surface area contributed by atoms with Crippen LogP contribution in [0.3, 0.4) is 0 Å². The second kappa shape index (κ2) is 4.45. The first kappa shape index (κ1) is 12.6. The van der Waals surface area contributed by atoms with Crippen molar-refractivity contribution >= 4 is 17.3 Å². The van der Waals surface area contributed by atoms with Gasteiger partial charge in [0.25, 0.3) is 0 Å². The van der Waals surface area contributed by atoms with Gasteiger partial charge in [0.05, 0.1) is 36.8 Å². The Morgan fingerprint density at radius 2 is 2.39 bits per heavy atom. The summed E-state index contributed by atoms with van der Waals surface area (Å²) in [6.45, 7) is 5.43. The first-order valence-electron chi connectivity index (χ1n) is 5.73. The van der Waals surface area contributed by atoms with Crippen LogP contribution in [0.1, 0.15) is 24.3 Å². The van der Waals surface area contributed by atoms with Gasteiger partial charge >= 0.3 is 5.97 Å². The number of nitrogen functional groups attached to an aromatic ring is 1. The summed E-state index contributed by atoms with van der Waals surface area (Å²) in [7, 11) is 0. The number of nitrogens with one attached hydrogen (secondary N) is 1. The SMILES string of the molecule is CC1(C)COC[C@H]1Nc1cc(C(=O)O)ncc1N. The Morgan fingerprint density at radius 1 is 1.67 bits per heavy atom. The van der Waals surface area contributed by atoms with Gasteiger partial charge in [-0.15, -0.1) is 0 Å². The smallest absolute Gasteiger partial charge is 0.354 e. The fourth-order valence-corrected chi connectivity index (χ4v) is 1.90. The Bertz CT molecular complexity index is 474. The minimum atomic E-state index is -1.07. The molecule has 98 valence electrons. The molecule has 1 atom stereocenters. The second-order valence-corrected chi connectivity index (χ2v) is 5.16. The molecule has 0 bridgehead atoms. The van der Waals surface area contributed by atoms with E-state index in [1.165, 1.54) is 12.3 Å². The highest BCUT2D eigenvalue weighted by Gasteiger charge is 2.35.